The van der Waals surface area contributed by atoms with Gasteiger partial charge in [-0.05, 0) is 38.4 Å². The van der Waals surface area contributed by atoms with Crippen LogP contribution in [-0.4, -0.2) is 69.6 Å². The molecule has 28 heavy (non-hydrogen) atoms. The number of hydrogen-bond donors (Lipinski definition) is 0. The molecule has 1 aromatic carbocycles. The summed E-state index contributed by atoms with van der Waals surface area (Å²) >= 11 is 1.92. The minimum Gasteiger partial charge on any atom is -0.493 e. The number of aromatic nitrogens is 2. The van der Waals surface area contributed by atoms with Crippen molar-refractivity contribution < 1.29 is 14.1 Å². The molecule has 2 saturated heterocycles. The van der Waals surface area contributed by atoms with Crippen LogP contribution in [0, 0.1) is 0 Å². The fraction of sp³-hybridized carbons (Fsp3) is 0.550. The molecule has 1 amide bonds. The van der Waals surface area contributed by atoms with Gasteiger partial charge < -0.3 is 14.2 Å². The van der Waals surface area contributed by atoms with Crippen molar-refractivity contribution in [1.82, 2.24) is 19.9 Å². The van der Waals surface area contributed by atoms with Gasteiger partial charge in [0, 0.05) is 24.6 Å². The molecule has 8 heteroatoms. The first-order chi connectivity index (χ1) is 13.8. The highest BCUT2D eigenvalue weighted by atomic mass is 32.2. The Bertz CT molecular complexity index is 806. The van der Waals surface area contributed by atoms with Crippen LogP contribution in [0.15, 0.2) is 28.8 Å². The SMILES string of the molecule is CCOc1ccccc1-c1noc(CN2CCCC2C(=O)N2CCSCC2)n1. The molecule has 7 nitrogen and oxygen atoms in total. The van der Waals surface area contributed by atoms with Crippen molar-refractivity contribution in [2.45, 2.75) is 32.4 Å². The summed E-state index contributed by atoms with van der Waals surface area (Å²) in [4.78, 5) is 21.7. The highest BCUT2D eigenvalue weighted by molar-refractivity contribution is 7.99. The van der Waals surface area contributed by atoms with Crippen LogP contribution in [0.5, 0.6) is 5.75 Å². The third-order valence-corrected chi connectivity index (χ3v) is 6.15. The largest absolute Gasteiger partial charge is 0.493 e. The molecule has 150 valence electrons. The van der Waals surface area contributed by atoms with E-state index in [4.69, 9.17) is 9.26 Å². The predicted molar refractivity (Wildman–Crippen MR) is 108 cm³/mol. The lowest BCUT2D eigenvalue weighted by atomic mass is 10.2. The summed E-state index contributed by atoms with van der Waals surface area (Å²) in [6, 6.07) is 7.61. The minimum atomic E-state index is -0.0749. The Morgan fingerprint density at radius 1 is 1.29 bits per heavy atom. The van der Waals surface area contributed by atoms with Crippen molar-refractivity contribution in [2.24, 2.45) is 0 Å². The second kappa shape index (κ2) is 8.96. The number of likely N-dealkylation sites (tertiary alicyclic amines) is 1. The lowest BCUT2D eigenvalue weighted by Gasteiger charge is -2.31. The lowest BCUT2D eigenvalue weighted by molar-refractivity contribution is -0.135. The number of carbonyl (C=O) groups excluding carboxylic acids is 1. The standard InChI is InChI=1S/C20H26N4O3S/c1-2-26-17-8-4-3-6-15(17)19-21-18(27-22-19)14-24-9-5-7-16(24)20(25)23-10-12-28-13-11-23/h3-4,6,8,16H,2,5,7,9-14H2,1H3. The Morgan fingerprint density at radius 2 is 2.11 bits per heavy atom. The van der Waals surface area contributed by atoms with Crippen molar-refractivity contribution in [3.8, 4) is 17.1 Å². The van der Waals surface area contributed by atoms with Gasteiger partial charge in [0.2, 0.25) is 17.6 Å². The smallest absolute Gasteiger partial charge is 0.241 e. The normalized spacial score (nSPS) is 20.5. The van der Waals surface area contributed by atoms with Crippen molar-refractivity contribution in [3.63, 3.8) is 0 Å². The minimum absolute atomic E-state index is 0.0749. The van der Waals surface area contributed by atoms with Gasteiger partial charge in [-0.25, -0.2) is 0 Å². The van der Waals surface area contributed by atoms with Crippen LogP contribution in [0.4, 0.5) is 0 Å². The van der Waals surface area contributed by atoms with Crippen molar-refractivity contribution in [3.05, 3.63) is 30.2 Å². The van der Waals surface area contributed by atoms with E-state index in [1.807, 2.05) is 47.9 Å². The van der Waals surface area contributed by atoms with Crippen molar-refractivity contribution >= 4 is 17.7 Å². The fourth-order valence-corrected chi connectivity index (χ4v) is 4.73. The molecule has 1 atom stereocenters. The Hall–Kier alpha value is -2.06. The van der Waals surface area contributed by atoms with E-state index in [1.54, 1.807) is 0 Å². The number of thioether (sulfide) groups is 1. The monoisotopic (exact) mass is 402 g/mol. The Kier molecular flexibility index (Phi) is 6.17. The lowest BCUT2D eigenvalue weighted by Crippen LogP contribution is -2.48. The molecule has 2 aliphatic rings. The van der Waals surface area contributed by atoms with Crippen LogP contribution in [0.2, 0.25) is 0 Å². The number of nitrogens with zero attached hydrogens (tertiary/aromatic N) is 4. The summed E-state index contributed by atoms with van der Waals surface area (Å²) < 4.78 is 11.2. The number of rotatable bonds is 6. The summed E-state index contributed by atoms with van der Waals surface area (Å²) in [5.41, 5.74) is 0.819. The molecule has 0 saturated carbocycles. The van der Waals surface area contributed by atoms with E-state index in [-0.39, 0.29) is 11.9 Å². The molecule has 0 bridgehead atoms. The number of para-hydroxylation sites is 1. The van der Waals surface area contributed by atoms with Gasteiger partial charge in [0.05, 0.1) is 24.8 Å². The number of hydrogen-bond acceptors (Lipinski definition) is 7. The molecular formula is C20H26N4O3S. The number of benzene rings is 1. The van der Waals surface area contributed by atoms with Crippen LogP contribution < -0.4 is 4.74 Å². The third kappa shape index (κ3) is 4.17. The van der Waals surface area contributed by atoms with Gasteiger partial charge in [-0.15, -0.1) is 0 Å². The van der Waals surface area contributed by atoms with Gasteiger partial charge in [-0.2, -0.15) is 16.7 Å². The molecule has 0 spiro atoms. The maximum atomic E-state index is 12.9. The fourth-order valence-electron chi connectivity index (χ4n) is 3.82. The van der Waals surface area contributed by atoms with Crippen molar-refractivity contribution in [1.29, 1.82) is 0 Å². The van der Waals surface area contributed by atoms with Gasteiger partial charge in [0.15, 0.2) is 0 Å². The Labute approximate surface area is 169 Å². The van der Waals surface area contributed by atoms with E-state index in [1.165, 1.54) is 0 Å². The molecule has 3 heterocycles. The third-order valence-electron chi connectivity index (χ3n) is 5.21. The zero-order valence-electron chi connectivity index (χ0n) is 16.2. The van der Waals surface area contributed by atoms with E-state index in [2.05, 4.69) is 15.0 Å². The first kappa shape index (κ1) is 19.3. The number of amides is 1. The average molecular weight is 403 g/mol. The van der Waals surface area contributed by atoms with Crippen LogP contribution in [0.25, 0.3) is 11.4 Å². The summed E-state index contributed by atoms with van der Waals surface area (Å²) in [6.45, 7) is 5.62. The molecule has 0 N–H and O–H groups in total. The number of ether oxygens (including phenoxy) is 1. The quantitative estimate of drug-likeness (QED) is 0.736. The van der Waals surface area contributed by atoms with Crippen LogP contribution in [0.1, 0.15) is 25.7 Å². The van der Waals surface area contributed by atoms with E-state index in [0.29, 0.717) is 24.9 Å². The van der Waals surface area contributed by atoms with E-state index in [9.17, 15) is 4.79 Å². The summed E-state index contributed by atoms with van der Waals surface area (Å²) in [7, 11) is 0. The predicted octanol–water partition coefficient (Wildman–Crippen LogP) is 2.68. The van der Waals surface area contributed by atoms with Gasteiger partial charge in [-0.3, -0.25) is 9.69 Å². The molecule has 4 rings (SSSR count). The second-order valence-electron chi connectivity index (χ2n) is 7.01. The van der Waals surface area contributed by atoms with E-state index < -0.39 is 0 Å². The van der Waals surface area contributed by atoms with Gasteiger partial charge in [-0.1, -0.05) is 17.3 Å². The van der Waals surface area contributed by atoms with Gasteiger partial charge in [0.1, 0.15) is 5.75 Å². The highest BCUT2D eigenvalue weighted by Crippen LogP contribution is 2.28. The van der Waals surface area contributed by atoms with Gasteiger partial charge >= 0.3 is 0 Å². The molecule has 2 fully saturated rings. The van der Waals surface area contributed by atoms with Crippen LogP contribution in [0.3, 0.4) is 0 Å². The topological polar surface area (TPSA) is 71.7 Å². The Morgan fingerprint density at radius 3 is 2.93 bits per heavy atom. The molecular weight excluding hydrogens is 376 g/mol. The second-order valence-corrected chi connectivity index (χ2v) is 8.23. The van der Waals surface area contributed by atoms with Crippen LogP contribution >= 0.6 is 11.8 Å². The Balaban J connectivity index is 1.45. The zero-order valence-corrected chi connectivity index (χ0v) is 17.0. The van der Waals surface area contributed by atoms with Crippen molar-refractivity contribution in [2.75, 3.05) is 37.7 Å². The maximum absolute atomic E-state index is 12.9. The molecule has 0 radical (unpaired) electrons. The zero-order chi connectivity index (χ0) is 19.3. The first-order valence-corrected chi connectivity index (χ1v) is 11.1. The molecule has 0 aliphatic carbocycles. The highest BCUT2D eigenvalue weighted by Gasteiger charge is 2.35. The van der Waals surface area contributed by atoms with E-state index in [0.717, 1.165) is 55.3 Å². The first-order valence-electron chi connectivity index (χ1n) is 9.91. The molecule has 2 aromatic rings. The summed E-state index contributed by atoms with van der Waals surface area (Å²) in [5.74, 6) is 4.12. The van der Waals surface area contributed by atoms with E-state index >= 15 is 0 Å². The van der Waals surface area contributed by atoms with Gasteiger partial charge in [0.25, 0.3) is 0 Å². The molecule has 1 aromatic heterocycles. The average Bonchev–Trinajstić information content (AvgIpc) is 3.39. The molecule has 1 unspecified atom stereocenters. The summed E-state index contributed by atoms with van der Waals surface area (Å²) in [5, 5.41) is 4.14. The molecule has 2 aliphatic heterocycles. The summed E-state index contributed by atoms with van der Waals surface area (Å²) in [6.07, 6.45) is 1.92. The van der Waals surface area contributed by atoms with Crippen LogP contribution in [-0.2, 0) is 11.3 Å². The number of carbonyl (C=O) groups is 1. The maximum Gasteiger partial charge on any atom is 0.241 e.